The number of pyridine rings is 1. The van der Waals surface area contributed by atoms with Crippen LogP contribution >= 0.6 is 0 Å². The molecule has 1 unspecified atom stereocenters. The van der Waals surface area contributed by atoms with Crippen LogP contribution in [0.2, 0.25) is 0 Å². The topological polar surface area (TPSA) is 84.2 Å². The van der Waals surface area contributed by atoms with E-state index in [1.807, 2.05) is 36.1 Å². The molecule has 1 N–H and O–H groups in total. The standard InChI is InChI=1S/C22H25N5O2/c1-16-8-10-17(11-9-16)14-24-22(28)27-13-4-2-3-7-19(27)21-25-20(26-29-21)18-6-5-12-23-15-18/h5-6,8-12,15,19H,2-4,7,13-14H2,1H3,(H,24,28). The van der Waals surface area contributed by atoms with Crippen molar-refractivity contribution in [2.45, 2.75) is 45.2 Å². The summed E-state index contributed by atoms with van der Waals surface area (Å²) >= 11 is 0. The zero-order valence-electron chi connectivity index (χ0n) is 16.5. The number of aromatic nitrogens is 3. The Morgan fingerprint density at radius 1 is 1.21 bits per heavy atom. The fourth-order valence-corrected chi connectivity index (χ4v) is 3.58. The molecule has 0 aliphatic carbocycles. The maximum absolute atomic E-state index is 13.0. The Bertz CT molecular complexity index is 939. The van der Waals surface area contributed by atoms with Gasteiger partial charge in [-0.3, -0.25) is 4.98 Å². The number of carbonyl (C=O) groups excluding carboxylic acids is 1. The molecule has 0 saturated carbocycles. The Morgan fingerprint density at radius 2 is 2.07 bits per heavy atom. The van der Waals surface area contributed by atoms with Gasteiger partial charge in [-0.2, -0.15) is 4.98 Å². The predicted octanol–water partition coefficient (Wildman–Crippen LogP) is 4.27. The van der Waals surface area contributed by atoms with E-state index < -0.39 is 0 Å². The lowest BCUT2D eigenvalue weighted by molar-refractivity contribution is 0.158. The molecule has 0 bridgehead atoms. The first-order chi connectivity index (χ1) is 14.2. The van der Waals surface area contributed by atoms with Crippen LogP contribution in [0.3, 0.4) is 0 Å². The van der Waals surface area contributed by atoms with E-state index in [1.54, 1.807) is 12.4 Å². The molecule has 1 fully saturated rings. The van der Waals surface area contributed by atoms with Crippen molar-refractivity contribution in [3.8, 4) is 11.4 Å². The Balaban J connectivity index is 1.49. The quantitative estimate of drug-likeness (QED) is 0.718. The minimum Gasteiger partial charge on any atom is -0.337 e. The molecule has 2 aromatic heterocycles. The monoisotopic (exact) mass is 391 g/mol. The van der Waals surface area contributed by atoms with Gasteiger partial charge in [0.15, 0.2) is 0 Å². The molecule has 7 heteroatoms. The van der Waals surface area contributed by atoms with Gasteiger partial charge in [0.1, 0.15) is 6.04 Å². The Hall–Kier alpha value is -3.22. The van der Waals surface area contributed by atoms with Crippen molar-refractivity contribution in [1.82, 2.24) is 25.3 Å². The zero-order chi connectivity index (χ0) is 20.1. The van der Waals surface area contributed by atoms with E-state index in [0.29, 0.717) is 24.8 Å². The van der Waals surface area contributed by atoms with E-state index in [9.17, 15) is 4.79 Å². The maximum atomic E-state index is 13.0. The lowest BCUT2D eigenvalue weighted by atomic mass is 10.1. The molecule has 7 nitrogen and oxygen atoms in total. The van der Waals surface area contributed by atoms with Crippen LogP contribution in [0.5, 0.6) is 0 Å². The van der Waals surface area contributed by atoms with E-state index in [-0.39, 0.29) is 12.1 Å². The Labute approximate surface area is 170 Å². The van der Waals surface area contributed by atoms with Crippen LogP contribution < -0.4 is 5.32 Å². The maximum Gasteiger partial charge on any atom is 0.318 e. The van der Waals surface area contributed by atoms with Crippen molar-refractivity contribution >= 4 is 6.03 Å². The van der Waals surface area contributed by atoms with Gasteiger partial charge < -0.3 is 14.7 Å². The van der Waals surface area contributed by atoms with Gasteiger partial charge in [-0.05, 0) is 37.5 Å². The number of nitrogens with zero attached hydrogens (tertiary/aromatic N) is 4. The van der Waals surface area contributed by atoms with Crippen LogP contribution in [0.4, 0.5) is 4.79 Å². The summed E-state index contributed by atoms with van der Waals surface area (Å²) in [4.78, 5) is 23.5. The van der Waals surface area contributed by atoms with Crippen molar-refractivity contribution in [2.24, 2.45) is 0 Å². The van der Waals surface area contributed by atoms with Gasteiger partial charge >= 0.3 is 6.03 Å². The van der Waals surface area contributed by atoms with Crippen LogP contribution in [0.25, 0.3) is 11.4 Å². The normalized spacial score (nSPS) is 17.0. The van der Waals surface area contributed by atoms with Gasteiger partial charge in [0.2, 0.25) is 11.7 Å². The number of urea groups is 1. The summed E-state index contributed by atoms with van der Waals surface area (Å²) in [5.74, 6) is 0.980. The second kappa shape index (κ2) is 8.86. The lowest BCUT2D eigenvalue weighted by Gasteiger charge is -2.27. The summed E-state index contributed by atoms with van der Waals surface area (Å²) in [6, 6.07) is 11.6. The lowest BCUT2D eigenvalue weighted by Crippen LogP contribution is -2.42. The van der Waals surface area contributed by atoms with Crippen molar-refractivity contribution in [2.75, 3.05) is 6.54 Å². The van der Waals surface area contributed by atoms with E-state index in [2.05, 4.69) is 32.6 Å². The molecule has 3 heterocycles. The molecular formula is C22H25N5O2. The first-order valence-corrected chi connectivity index (χ1v) is 10.0. The highest BCUT2D eigenvalue weighted by Gasteiger charge is 2.31. The van der Waals surface area contributed by atoms with Gasteiger partial charge in [-0.15, -0.1) is 0 Å². The van der Waals surface area contributed by atoms with Crippen LogP contribution in [-0.4, -0.2) is 32.6 Å². The third-order valence-electron chi connectivity index (χ3n) is 5.22. The minimum absolute atomic E-state index is 0.0985. The molecule has 0 radical (unpaired) electrons. The molecule has 29 heavy (non-hydrogen) atoms. The fraction of sp³-hybridized carbons (Fsp3) is 0.364. The number of nitrogens with one attached hydrogen (secondary N) is 1. The number of hydrogen-bond acceptors (Lipinski definition) is 5. The summed E-state index contributed by atoms with van der Waals surface area (Å²) in [6.45, 7) is 3.22. The zero-order valence-corrected chi connectivity index (χ0v) is 16.5. The molecular weight excluding hydrogens is 366 g/mol. The molecule has 0 spiro atoms. The molecule has 3 aromatic rings. The summed E-state index contributed by atoms with van der Waals surface area (Å²) in [7, 11) is 0. The second-order valence-corrected chi connectivity index (χ2v) is 7.40. The van der Waals surface area contributed by atoms with Crippen molar-refractivity contribution in [3.05, 3.63) is 65.8 Å². The van der Waals surface area contributed by atoms with Gasteiger partial charge in [0, 0.05) is 31.0 Å². The SMILES string of the molecule is Cc1ccc(CNC(=O)N2CCCCCC2c2nc(-c3cccnc3)no2)cc1. The van der Waals surface area contributed by atoms with E-state index in [1.165, 1.54) is 5.56 Å². The largest absolute Gasteiger partial charge is 0.337 e. The average Bonchev–Trinajstić information content (AvgIpc) is 3.11. The molecule has 1 aliphatic rings. The summed E-state index contributed by atoms with van der Waals surface area (Å²) in [6.07, 6.45) is 7.30. The molecule has 1 aromatic carbocycles. The molecule has 4 rings (SSSR count). The number of hydrogen-bond donors (Lipinski definition) is 1. The van der Waals surface area contributed by atoms with E-state index in [4.69, 9.17) is 4.52 Å². The third kappa shape index (κ3) is 4.62. The molecule has 2 amide bonds. The third-order valence-corrected chi connectivity index (χ3v) is 5.22. The van der Waals surface area contributed by atoms with Crippen LogP contribution in [0.15, 0.2) is 53.3 Å². The Morgan fingerprint density at radius 3 is 2.86 bits per heavy atom. The van der Waals surface area contributed by atoms with Crippen LogP contribution in [-0.2, 0) is 6.54 Å². The van der Waals surface area contributed by atoms with E-state index >= 15 is 0 Å². The summed E-state index contributed by atoms with van der Waals surface area (Å²) in [5, 5.41) is 7.14. The molecule has 150 valence electrons. The van der Waals surface area contributed by atoms with E-state index in [0.717, 1.165) is 36.8 Å². The number of amides is 2. The second-order valence-electron chi connectivity index (χ2n) is 7.40. The number of aryl methyl sites for hydroxylation is 1. The van der Waals surface area contributed by atoms with Crippen molar-refractivity contribution in [3.63, 3.8) is 0 Å². The number of carbonyl (C=O) groups is 1. The smallest absolute Gasteiger partial charge is 0.318 e. The van der Waals surface area contributed by atoms with Gasteiger partial charge in [-0.25, -0.2) is 4.79 Å². The van der Waals surface area contributed by atoms with Gasteiger partial charge in [-0.1, -0.05) is 47.8 Å². The van der Waals surface area contributed by atoms with Crippen LogP contribution in [0.1, 0.15) is 48.7 Å². The highest BCUT2D eigenvalue weighted by atomic mass is 16.5. The van der Waals surface area contributed by atoms with Crippen molar-refractivity contribution in [1.29, 1.82) is 0 Å². The highest BCUT2D eigenvalue weighted by Crippen LogP contribution is 2.30. The summed E-state index contributed by atoms with van der Waals surface area (Å²) in [5.41, 5.74) is 3.08. The minimum atomic E-state index is -0.214. The first kappa shape index (κ1) is 19.1. The molecule has 1 saturated heterocycles. The fourth-order valence-electron chi connectivity index (χ4n) is 3.58. The molecule has 1 atom stereocenters. The highest BCUT2D eigenvalue weighted by molar-refractivity contribution is 5.74. The summed E-state index contributed by atoms with van der Waals surface area (Å²) < 4.78 is 5.56. The van der Waals surface area contributed by atoms with Crippen molar-refractivity contribution < 1.29 is 9.32 Å². The number of likely N-dealkylation sites (tertiary alicyclic amines) is 1. The first-order valence-electron chi connectivity index (χ1n) is 10.0. The van der Waals surface area contributed by atoms with Crippen LogP contribution in [0, 0.1) is 6.92 Å². The van der Waals surface area contributed by atoms with Gasteiger partial charge in [0.25, 0.3) is 0 Å². The number of rotatable bonds is 4. The number of benzene rings is 1. The molecule has 1 aliphatic heterocycles. The van der Waals surface area contributed by atoms with Gasteiger partial charge in [0.05, 0.1) is 0 Å². The average molecular weight is 391 g/mol. The Kier molecular flexibility index (Phi) is 5.84. The predicted molar refractivity (Wildman–Crippen MR) is 109 cm³/mol.